The highest BCUT2D eigenvalue weighted by molar-refractivity contribution is 8.74. The van der Waals surface area contributed by atoms with Gasteiger partial charge in [-0.3, -0.25) is 4.79 Å². The third kappa shape index (κ3) is 14.1. The van der Waals surface area contributed by atoms with Crippen molar-refractivity contribution in [3.8, 4) is 0 Å². The summed E-state index contributed by atoms with van der Waals surface area (Å²) in [6.07, 6.45) is 4.65. The molecule has 0 radical (unpaired) electrons. The van der Waals surface area contributed by atoms with Crippen molar-refractivity contribution in [3.05, 3.63) is 11.6 Å². The summed E-state index contributed by atoms with van der Waals surface area (Å²) in [6, 6.07) is -0.444. The lowest BCUT2D eigenvalue weighted by molar-refractivity contribution is -0.172. The van der Waals surface area contributed by atoms with E-state index >= 15 is 0 Å². The van der Waals surface area contributed by atoms with Crippen LogP contribution in [0.1, 0.15) is 80.1 Å². The molecule has 4 N–H and O–H groups in total. The summed E-state index contributed by atoms with van der Waals surface area (Å²) in [5, 5.41) is 8.37. The maximum Gasteiger partial charge on any atom is 0.407 e. The van der Waals surface area contributed by atoms with Crippen molar-refractivity contribution in [1.82, 2.24) is 20.7 Å². The fourth-order valence-electron chi connectivity index (χ4n) is 5.73. The molecule has 1 saturated carbocycles. The molecule has 1 spiro atoms. The van der Waals surface area contributed by atoms with Crippen LogP contribution in [-0.4, -0.2) is 94.1 Å². The van der Waals surface area contributed by atoms with Gasteiger partial charge in [0.15, 0.2) is 0 Å². The van der Waals surface area contributed by atoms with Gasteiger partial charge in [0.2, 0.25) is 5.91 Å². The summed E-state index contributed by atoms with van der Waals surface area (Å²) in [5.41, 5.74) is 0.237. The van der Waals surface area contributed by atoms with Gasteiger partial charge in [-0.25, -0.2) is 14.3 Å². The molecular weight excluding hydrogens is 639 g/mol. The number of nitrogens with one attached hydrogen (secondary N) is 4. The number of hydrogen-bond acceptors (Lipinski definition) is 11. The number of methoxy groups -OCH3 is 1. The fraction of sp³-hybridized carbons (Fsp3) is 0.839. The Bertz CT molecular complexity index is 982. The van der Waals surface area contributed by atoms with Gasteiger partial charge >= 0.3 is 12.2 Å². The molecule has 0 aromatic heterocycles. The van der Waals surface area contributed by atoms with Crippen LogP contribution in [0.3, 0.4) is 0 Å². The van der Waals surface area contributed by atoms with Crippen LogP contribution < -0.4 is 20.7 Å². The molecule has 2 rings (SSSR count). The Morgan fingerprint density at radius 2 is 1.76 bits per heavy atom. The number of hydrogen-bond donors (Lipinski definition) is 4. The number of carbonyl (C=O) groups excluding carboxylic acids is 3. The molecule has 1 heterocycles. The standard InChI is InChI=1S/C31H55FN4O8S2/c1-21(2)13-17-42-30(5,6)27-26(40-7)24(12-14-31(27)20-43-31)44-29(39)36-23(22(3)4)19-41-28(38)34-16-11-9-8-10-15-33-25(37)18-35-46-45-32/h13,22-24,26-27,35H,8-12,14-20H2,1-7H3,(H,33,37)(H,34,38)(H,36,39)/t23-,24?,26?,27?,31?/m0/s1. The van der Waals surface area contributed by atoms with Gasteiger partial charge in [-0.15, -0.1) is 0 Å². The first-order chi connectivity index (χ1) is 21.8. The van der Waals surface area contributed by atoms with Crippen LogP contribution >= 0.6 is 22.2 Å². The zero-order chi connectivity index (χ0) is 34.2. The second-order valence-electron chi connectivity index (χ2n) is 13.0. The summed E-state index contributed by atoms with van der Waals surface area (Å²) in [4.78, 5) is 36.9. The maximum atomic E-state index is 13.1. The molecule has 15 heteroatoms. The lowest BCUT2D eigenvalue weighted by Gasteiger charge is -2.47. The number of ether oxygens (including phenoxy) is 5. The second-order valence-corrected chi connectivity index (χ2v) is 14.4. The van der Waals surface area contributed by atoms with Gasteiger partial charge in [-0.2, -0.15) is 3.89 Å². The monoisotopic (exact) mass is 694 g/mol. The van der Waals surface area contributed by atoms with E-state index in [-0.39, 0.29) is 47.7 Å². The van der Waals surface area contributed by atoms with Crippen molar-refractivity contribution in [2.24, 2.45) is 11.8 Å². The van der Waals surface area contributed by atoms with Gasteiger partial charge < -0.3 is 39.6 Å². The van der Waals surface area contributed by atoms with Gasteiger partial charge in [0.05, 0.1) is 37.0 Å². The van der Waals surface area contributed by atoms with Crippen LogP contribution in [0.5, 0.6) is 0 Å². The average Bonchev–Trinajstić information content (AvgIpc) is 3.76. The molecule has 4 unspecified atom stereocenters. The number of unbranched alkanes of at least 4 members (excludes halogenated alkanes) is 3. The van der Waals surface area contributed by atoms with Crippen molar-refractivity contribution >= 4 is 40.3 Å². The molecule has 0 aromatic rings. The molecular formula is C31H55FN4O8S2. The third-order valence-electron chi connectivity index (χ3n) is 8.38. The molecule has 2 fully saturated rings. The lowest BCUT2D eigenvalue weighted by Crippen LogP contribution is -2.59. The maximum absolute atomic E-state index is 13.1. The quantitative estimate of drug-likeness (QED) is 0.0411. The van der Waals surface area contributed by atoms with Crippen LogP contribution in [0.25, 0.3) is 0 Å². The molecule has 46 heavy (non-hydrogen) atoms. The van der Waals surface area contributed by atoms with Gasteiger partial charge in [0, 0.05) is 37.1 Å². The van der Waals surface area contributed by atoms with E-state index in [9.17, 15) is 18.3 Å². The van der Waals surface area contributed by atoms with Crippen molar-refractivity contribution in [2.75, 3.05) is 46.6 Å². The highest BCUT2D eigenvalue weighted by Crippen LogP contribution is 2.52. The summed E-state index contributed by atoms with van der Waals surface area (Å²) < 4.78 is 44.0. The first-order valence-corrected chi connectivity index (χ1v) is 18.2. The number of carbonyl (C=O) groups is 3. The summed E-state index contributed by atoms with van der Waals surface area (Å²) in [5.74, 6) is -0.339. The van der Waals surface area contributed by atoms with Crippen LogP contribution in [0, 0.1) is 11.8 Å². The molecule has 266 valence electrons. The van der Waals surface area contributed by atoms with E-state index in [1.165, 1.54) is 5.57 Å². The fourth-order valence-corrected chi connectivity index (χ4v) is 6.28. The first kappa shape index (κ1) is 40.4. The zero-order valence-electron chi connectivity index (χ0n) is 28.4. The number of epoxide rings is 1. The number of amides is 3. The van der Waals surface area contributed by atoms with Crippen LogP contribution in [0.4, 0.5) is 13.5 Å². The van der Waals surface area contributed by atoms with Crippen molar-refractivity contribution in [3.63, 3.8) is 0 Å². The van der Waals surface area contributed by atoms with Gasteiger partial charge in [0.1, 0.15) is 30.0 Å². The SMILES string of the molecule is COC1C(OC(=O)N[C@@H](COC(=O)NCCCCCCNC(=O)CNSSF)C(C)C)CCC2(CO2)C1C(C)(C)OCC=C(C)C. The molecule has 1 aliphatic carbocycles. The summed E-state index contributed by atoms with van der Waals surface area (Å²) in [6.45, 7) is 14.1. The largest absolute Gasteiger partial charge is 0.447 e. The minimum absolute atomic E-state index is 0.00113. The third-order valence-corrected chi connectivity index (χ3v) is 9.24. The highest BCUT2D eigenvalue weighted by Gasteiger charge is 2.64. The summed E-state index contributed by atoms with van der Waals surface area (Å²) in [7, 11) is 2.39. The number of rotatable bonds is 21. The second kappa shape index (κ2) is 20.6. The molecule has 12 nitrogen and oxygen atoms in total. The number of halogens is 1. The zero-order valence-corrected chi connectivity index (χ0v) is 30.0. The number of allylic oxidation sites excluding steroid dienone is 1. The van der Waals surface area contributed by atoms with E-state index < -0.39 is 36.0 Å². The minimum Gasteiger partial charge on any atom is -0.447 e. The van der Waals surface area contributed by atoms with Gasteiger partial charge in [0.25, 0.3) is 0 Å². The molecule has 0 aromatic carbocycles. The Kier molecular flexibility index (Phi) is 18.1. The average molecular weight is 695 g/mol. The molecule has 2 aliphatic rings. The van der Waals surface area contributed by atoms with E-state index in [2.05, 4.69) is 20.7 Å². The van der Waals surface area contributed by atoms with E-state index in [1.54, 1.807) is 7.11 Å². The lowest BCUT2D eigenvalue weighted by atomic mass is 9.68. The van der Waals surface area contributed by atoms with E-state index in [0.29, 0.717) is 32.7 Å². The van der Waals surface area contributed by atoms with Crippen LogP contribution in [0.15, 0.2) is 11.6 Å². The Labute approximate surface area is 281 Å². The van der Waals surface area contributed by atoms with Crippen molar-refractivity contribution in [1.29, 1.82) is 0 Å². The van der Waals surface area contributed by atoms with E-state index in [1.807, 2.05) is 47.6 Å². The Morgan fingerprint density at radius 1 is 1.09 bits per heavy atom. The van der Waals surface area contributed by atoms with Gasteiger partial charge in [-0.1, -0.05) is 38.3 Å². The highest BCUT2D eigenvalue weighted by atomic mass is 33.1. The minimum atomic E-state index is -0.588. The van der Waals surface area contributed by atoms with E-state index in [4.69, 9.17) is 23.7 Å². The molecule has 0 bridgehead atoms. The number of alkyl carbamates (subject to hydrolysis) is 2. The first-order valence-electron chi connectivity index (χ1n) is 16.1. The molecule has 5 atom stereocenters. The molecule has 3 amide bonds. The van der Waals surface area contributed by atoms with Crippen LogP contribution in [-0.2, 0) is 28.5 Å². The Morgan fingerprint density at radius 3 is 2.35 bits per heavy atom. The van der Waals surface area contributed by atoms with Crippen molar-refractivity contribution < 1.29 is 42.0 Å². The molecule has 1 aliphatic heterocycles. The predicted octanol–water partition coefficient (Wildman–Crippen LogP) is 5.23. The summed E-state index contributed by atoms with van der Waals surface area (Å²) >= 11 is 0.0569. The Hall–Kier alpha value is -1.78. The van der Waals surface area contributed by atoms with E-state index in [0.717, 1.165) is 43.1 Å². The predicted molar refractivity (Wildman–Crippen MR) is 179 cm³/mol. The topological polar surface area (TPSA) is 149 Å². The van der Waals surface area contributed by atoms with Crippen LogP contribution in [0.2, 0.25) is 0 Å². The smallest absolute Gasteiger partial charge is 0.407 e. The normalized spacial score (nSPS) is 23.0. The van der Waals surface area contributed by atoms with Gasteiger partial charge in [-0.05, 0) is 59.3 Å². The Balaban J connectivity index is 1.74. The van der Waals surface area contributed by atoms with Crippen molar-refractivity contribution in [2.45, 2.75) is 110 Å². The molecule has 1 saturated heterocycles.